The maximum atomic E-state index is 15.7. The Bertz CT molecular complexity index is 1290. The average Bonchev–Trinajstić information content (AvgIpc) is 3.14. The van der Waals surface area contributed by atoms with Crippen LogP contribution < -0.4 is 0 Å². The van der Waals surface area contributed by atoms with Crippen LogP contribution >= 0.6 is 0 Å². The number of carbonyl (C=O) groups excluding carboxylic acids is 1. The van der Waals surface area contributed by atoms with Crippen LogP contribution in [0.5, 0.6) is 0 Å². The second-order valence-corrected chi connectivity index (χ2v) is 10.1. The number of benzene rings is 2. The summed E-state index contributed by atoms with van der Waals surface area (Å²) in [5, 5.41) is 1.14. The highest BCUT2D eigenvalue weighted by Crippen LogP contribution is 2.64. The third-order valence-electron chi connectivity index (χ3n) is 8.24. The molecule has 0 radical (unpaired) electrons. The molecule has 2 bridgehead atoms. The van der Waals surface area contributed by atoms with E-state index in [0.717, 1.165) is 54.6 Å². The summed E-state index contributed by atoms with van der Waals surface area (Å²) in [6.07, 6.45) is 7.68. The van der Waals surface area contributed by atoms with Gasteiger partial charge in [0, 0.05) is 39.8 Å². The number of methoxy groups -OCH3 is 1. The number of halogens is 2. The number of carbonyl (C=O) groups is 1. The van der Waals surface area contributed by atoms with Gasteiger partial charge in [-0.15, -0.1) is 0 Å². The standard InChI is InChI=1S/C28H28F2N2O2/c1-3-18-12-20-19-6-4-5-7-23(19)31-26(20)27(32(18)28-13-17(14-28)15-28)25-21(29)10-16(11-22(25)30)8-9-24(33)34-2/h4-11,17-18,27,31H,3,12-15H2,1-2H3/b9-8+/t17?,18-,27-,28?/m0/s1. The van der Waals surface area contributed by atoms with E-state index in [9.17, 15) is 4.79 Å². The van der Waals surface area contributed by atoms with Crippen molar-refractivity contribution in [2.24, 2.45) is 5.92 Å². The number of hydrogen-bond donors (Lipinski definition) is 1. The summed E-state index contributed by atoms with van der Waals surface area (Å²) in [4.78, 5) is 17.4. The quantitative estimate of drug-likeness (QED) is 0.379. The van der Waals surface area contributed by atoms with Gasteiger partial charge in [0.15, 0.2) is 0 Å². The lowest BCUT2D eigenvalue weighted by Crippen LogP contribution is -2.71. The first-order valence-electron chi connectivity index (χ1n) is 12.1. The van der Waals surface area contributed by atoms with E-state index in [4.69, 9.17) is 0 Å². The number of nitrogens with zero attached hydrogens (tertiary/aromatic N) is 1. The molecule has 1 aliphatic heterocycles. The molecule has 0 unspecified atom stereocenters. The van der Waals surface area contributed by atoms with E-state index in [0.29, 0.717) is 5.56 Å². The van der Waals surface area contributed by atoms with Gasteiger partial charge < -0.3 is 9.72 Å². The van der Waals surface area contributed by atoms with Crippen LogP contribution in [0.2, 0.25) is 0 Å². The Labute approximate surface area is 197 Å². The molecule has 4 nitrogen and oxygen atoms in total. The Balaban J connectivity index is 1.53. The highest BCUT2D eigenvalue weighted by molar-refractivity contribution is 5.87. The smallest absolute Gasteiger partial charge is 0.330 e. The van der Waals surface area contributed by atoms with Crippen molar-refractivity contribution in [2.45, 2.75) is 56.7 Å². The van der Waals surface area contributed by atoms with Crippen LogP contribution in [0.25, 0.3) is 17.0 Å². The van der Waals surface area contributed by atoms with Gasteiger partial charge >= 0.3 is 5.97 Å². The molecule has 2 heterocycles. The molecule has 0 amide bonds. The van der Waals surface area contributed by atoms with Crippen LogP contribution in [0.15, 0.2) is 42.5 Å². The first kappa shape index (κ1) is 21.5. The molecule has 0 saturated heterocycles. The van der Waals surface area contributed by atoms with Gasteiger partial charge in [-0.1, -0.05) is 25.1 Å². The molecule has 34 heavy (non-hydrogen) atoms. The SMILES string of the molecule is CC[C@H]1Cc2c([nH]c3ccccc23)[C@H](c2c(F)cc(/C=C/C(=O)OC)cc2F)N1C12CC(C1)C2. The van der Waals surface area contributed by atoms with Crippen molar-refractivity contribution in [3.05, 3.63) is 76.5 Å². The molecule has 2 aromatic carbocycles. The number of hydrogen-bond acceptors (Lipinski definition) is 3. The maximum Gasteiger partial charge on any atom is 0.330 e. The zero-order chi connectivity index (χ0) is 23.6. The number of ether oxygens (including phenoxy) is 1. The zero-order valence-electron chi connectivity index (χ0n) is 19.4. The highest BCUT2D eigenvalue weighted by atomic mass is 19.1. The molecule has 3 saturated carbocycles. The Morgan fingerprint density at radius 1 is 1.21 bits per heavy atom. The number of fused-ring (bicyclic) bond motifs is 3. The Kier molecular flexibility index (Phi) is 4.92. The van der Waals surface area contributed by atoms with Crippen molar-refractivity contribution in [3.8, 4) is 0 Å². The molecule has 176 valence electrons. The predicted molar refractivity (Wildman–Crippen MR) is 127 cm³/mol. The molecule has 1 aromatic heterocycles. The van der Waals surface area contributed by atoms with Crippen molar-refractivity contribution < 1.29 is 18.3 Å². The molecular formula is C28H28F2N2O2. The second-order valence-electron chi connectivity index (χ2n) is 10.1. The Morgan fingerprint density at radius 3 is 2.53 bits per heavy atom. The van der Waals surface area contributed by atoms with E-state index >= 15 is 8.78 Å². The number of rotatable bonds is 5. The van der Waals surface area contributed by atoms with E-state index in [2.05, 4.69) is 27.6 Å². The predicted octanol–water partition coefficient (Wildman–Crippen LogP) is 5.91. The minimum atomic E-state index is -0.590. The molecule has 7 rings (SSSR count). The number of aromatic amines is 1. The summed E-state index contributed by atoms with van der Waals surface area (Å²) >= 11 is 0. The number of H-pyrrole nitrogens is 1. The summed E-state index contributed by atoms with van der Waals surface area (Å²) in [6, 6.07) is 10.5. The monoisotopic (exact) mass is 462 g/mol. The van der Waals surface area contributed by atoms with Gasteiger partial charge in [-0.05, 0) is 73.4 Å². The molecule has 1 N–H and O–H groups in total. The first-order chi connectivity index (χ1) is 16.4. The van der Waals surface area contributed by atoms with Crippen molar-refractivity contribution in [3.63, 3.8) is 0 Å². The van der Waals surface area contributed by atoms with Gasteiger partial charge in [-0.25, -0.2) is 13.6 Å². The Morgan fingerprint density at radius 2 is 1.91 bits per heavy atom. The number of para-hydroxylation sites is 1. The molecular weight excluding hydrogens is 434 g/mol. The fourth-order valence-electron chi connectivity index (χ4n) is 6.59. The lowest BCUT2D eigenvalue weighted by molar-refractivity contribution is -0.177. The van der Waals surface area contributed by atoms with E-state index in [1.165, 1.54) is 37.0 Å². The third kappa shape index (κ3) is 3.08. The van der Waals surface area contributed by atoms with Crippen molar-refractivity contribution in [2.75, 3.05) is 7.11 Å². The van der Waals surface area contributed by atoms with Crippen LogP contribution in [-0.4, -0.2) is 34.5 Å². The largest absolute Gasteiger partial charge is 0.466 e. The van der Waals surface area contributed by atoms with Crippen molar-refractivity contribution in [1.82, 2.24) is 9.88 Å². The Hall–Kier alpha value is -2.99. The number of aromatic nitrogens is 1. The van der Waals surface area contributed by atoms with Crippen LogP contribution in [0.3, 0.4) is 0 Å². The van der Waals surface area contributed by atoms with E-state index in [1.807, 2.05) is 18.2 Å². The van der Waals surface area contributed by atoms with Crippen LogP contribution in [-0.2, 0) is 16.0 Å². The van der Waals surface area contributed by atoms with Crippen molar-refractivity contribution >= 4 is 22.9 Å². The van der Waals surface area contributed by atoms with Crippen LogP contribution in [0.1, 0.15) is 61.0 Å². The zero-order valence-corrected chi connectivity index (χ0v) is 19.4. The number of nitrogens with one attached hydrogen (secondary N) is 1. The van der Waals surface area contributed by atoms with Gasteiger partial charge in [0.25, 0.3) is 0 Å². The lowest BCUT2D eigenvalue weighted by Gasteiger charge is -2.70. The summed E-state index contributed by atoms with van der Waals surface area (Å²) in [5.41, 5.74) is 3.50. The first-order valence-corrected chi connectivity index (χ1v) is 12.1. The number of esters is 1. The van der Waals surface area contributed by atoms with Gasteiger partial charge in [0.05, 0.1) is 13.2 Å². The summed E-state index contributed by atoms with van der Waals surface area (Å²) in [6.45, 7) is 2.17. The highest BCUT2D eigenvalue weighted by Gasteiger charge is 2.63. The summed E-state index contributed by atoms with van der Waals surface area (Å²) in [7, 11) is 1.27. The maximum absolute atomic E-state index is 15.7. The summed E-state index contributed by atoms with van der Waals surface area (Å²) in [5.74, 6) is -0.997. The minimum Gasteiger partial charge on any atom is -0.466 e. The van der Waals surface area contributed by atoms with Gasteiger partial charge in [0.1, 0.15) is 11.6 Å². The van der Waals surface area contributed by atoms with Crippen LogP contribution in [0.4, 0.5) is 8.78 Å². The molecule has 0 spiro atoms. The van der Waals surface area contributed by atoms with E-state index in [1.54, 1.807) is 0 Å². The normalized spacial score (nSPS) is 27.9. The van der Waals surface area contributed by atoms with Gasteiger partial charge in [0.2, 0.25) is 0 Å². The average molecular weight is 463 g/mol. The van der Waals surface area contributed by atoms with Crippen molar-refractivity contribution in [1.29, 1.82) is 0 Å². The molecule has 3 fully saturated rings. The summed E-state index contributed by atoms with van der Waals surface area (Å²) < 4.78 is 36.1. The fourth-order valence-corrected chi connectivity index (χ4v) is 6.59. The van der Waals surface area contributed by atoms with E-state index < -0.39 is 23.6 Å². The van der Waals surface area contributed by atoms with Crippen LogP contribution in [0, 0.1) is 17.6 Å². The molecule has 3 aliphatic carbocycles. The lowest BCUT2D eigenvalue weighted by atomic mass is 9.48. The fraction of sp³-hybridized carbons (Fsp3) is 0.393. The third-order valence-corrected chi connectivity index (χ3v) is 8.24. The minimum absolute atomic E-state index is 0.0351. The molecule has 6 heteroatoms. The second kappa shape index (κ2) is 7.77. The van der Waals surface area contributed by atoms with Gasteiger partial charge in [-0.2, -0.15) is 0 Å². The van der Waals surface area contributed by atoms with Gasteiger partial charge in [-0.3, -0.25) is 4.90 Å². The molecule has 3 aromatic rings. The molecule has 4 aliphatic rings. The molecule has 2 atom stereocenters. The topological polar surface area (TPSA) is 45.3 Å². The van der Waals surface area contributed by atoms with E-state index in [-0.39, 0.29) is 17.1 Å².